The van der Waals surface area contributed by atoms with Gasteiger partial charge in [0.1, 0.15) is 0 Å². The van der Waals surface area contributed by atoms with Crippen LogP contribution in [0.1, 0.15) is 0 Å². The van der Waals surface area contributed by atoms with Gasteiger partial charge in [0.15, 0.2) is 5.69 Å². The lowest BCUT2D eigenvalue weighted by atomic mass is 10.5. The highest BCUT2D eigenvalue weighted by molar-refractivity contribution is 5.27. The fourth-order valence-corrected chi connectivity index (χ4v) is 0.539. The van der Waals surface area contributed by atoms with Crippen molar-refractivity contribution in [3.8, 4) is 0 Å². The smallest absolute Gasteiger partial charge is 0.325 e. The normalized spacial score (nSPS) is 9.67. The second-order valence-corrected chi connectivity index (χ2v) is 1.67. The lowest BCUT2D eigenvalue weighted by Gasteiger charge is -1.85. The number of aromatic nitrogens is 2. The molecule has 0 atom stereocenters. The molecule has 1 rings (SSSR count). The summed E-state index contributed by atoms with van der Waals surface area (Å²) < 4.78 is 0. The molecule has 66 valence electrons. The van der Waals surface area contributed by atoms with Crippen molar-refractivity contribution in [2.45, 2.75) is 0 Å². The maximum atomic E-state index is 10.7. The Morgan fingerprint density at radius 2 is 2.08 bits per heavy atom. The fraction of sp³-hybridized carbons (Fsp3) is 0. The van der Waals surface area contributed by atoms with E-state index >= 15 is 0 Å². The summed E-state index contributed by atoms with van der Waals surface area (Å²) in [5, 5.41) is 6.12. The average Bonchev–Trinajstić information content (AvgIpc) is 1.95. The van der Waals surface area contributed by atoms with Crippen LogP contribution in [0.2, 0.25) is 0 Å². The molecule has 1 aromatic heterocycles. The van der Waals surface area contributed by atoms with Gasteiger partial charge in [-0.05, 0) is 0 Å². The SMILES string of the molecule is N.NN=Nc1c[nH]c(=O)[nH]c1=O. The van der Waals surface area contributed by atoms with E-state index in [1.807, 2.05) is 4.98 Å². The van der Waals surface area contributed by atoms with E-state index in [9.17, 15) is 9.59 Å². The van der Waals surface area contributed by atoms with Gasteiger partial charge in [0.2, 0.25) is 0 Å². The summed E-state index contributed by atoms with van der Waals surface area (Å²) in [6.45, 7) is 0. The van der Waals surface area contributed by atoms with E-state index < -0.39 is 11.2 Å². The maximum Gasteiger partial charge on any atom is 0.325 e. The monoisotopic (exact) mass is 172 g/mol. The van der Waals surface area contributed by atoms with Crippen molar-refractivity contribution >= 4 is 5.69 Å². The van der Waals surface area contributed by atoms with E-state index in [0.29, 0.717) is 0 Å². The van der Waals surface area contributed by atoms with Gasteiger partial charge in [-0.15, -0.1) is 5.11 Å². The molecule has 0 radical (unpaired) electrons. The molecule has 12 heavy (non-hydrogen) atoms. The molecule has 1 aromatic rings. The third-order valence-electron chi connectivity index (χ3n) is 0.965. The van der Waals surface area contributed by atoms with E-state index in [1.54, 1.807) is 0 Å². The minimum absolute atomic E-state index is 0. The summed E-state index contributed by atoms with van der Waals surface area (Å²) >= 11 is 0. The molecule has 0 spiro atoms. The number of nitrogens with two attached hydrogens (primary N) is 1. The minimum Gasteiger partial charge on any atom is -0.344 e. The number of hydrogen-bond acceptors (Lipinski definition) is 5. The Balaban J connectivity index is 0.00000121. The Morgan fingerprint density at radius 3 is 2.58 bits per heavy atom. The summed E-state index contributed by atoms with van der Waals surface area (Å²) in [7, 11) is 0. The van der Waals surface area contributed by atoms with Gasteiger partial charge in [-0.3, -0.25) is 9.78 Å². The molecule has 0 aliphatic rings. The third-order valence-corrected chi connectivity index (χ3v) is 0.965. The van der Waals surface area contributed by atoms with Crippen LogP contribution in [0.5, 0.6) is 0 Å². The molecule has 0 fully saturated rings. The Kier molecular flexibility index (Phi) is 3.37. The van der Waals surface area contributed by atoms with Crippen molar-refractivity contribution in [1.29, 1.82) is 0 Å². The minimum atomic E-state index is -0.622. The molecular formula is C4H8N6O2. The molecule has 0 bridgehead atoms. The number of rotatable bonds is 1. The van der Waals surface area contributed by atoms with Crippen LogP contribution in [0, 0.1) is 0 Å². The molecule has 1 heterocycles. The molecule has 0 aliphatic heterocycles. The highest BCUT2D eigenvalue weighted by Gasteiger charge is 1.95. The second kappa shape index (κ2) is 4.03. The van der Waals surface area contributed by atoms with Crippen LogP contribution in [-0.2, 0) is 0 Å². The van der Waals surface area contributed by atoms with Crippen molar-refractivity contribution in [1.82, 2.24) is 16.1 Å². The van der Waals surface area contributed by atoms with Crippen molar-refractivity contribution < 1.29 is 0 Å². The van der Waals surface area contributed by atoms with Crippen LogP contribution in [0.4, 0.5) is 5.69 Å². The summed E-state index contributed by atoms with van der Waals surface area (Å²) in [6, 6.07) is 0. The number of hydrogen-bond donors (Lipinski definition) is 4. The zero-order valence-electron chi connectivity index (χ0n) is 6.07. The van der Waals surface area contributed by atoms with Gasteiger partial charge in [-0.1, -0.05) is 5.22 Å². The summed E-state index contributed by atoms with van der Waals surface area (Å²) in [6.07, 6.45) is 1.12. The van der Waals surface area contributed by atoms with Crippen LogP contribution < -0.4 is 23.2 Å². The zero-order valence-corrected chi connectivity index (χ0v) is 6.07. The predicted molar refractivity (Wildman–Crippen MR) is 41.4 cm³/mol. The highest BCUT2D eigenvalue weighted by Crippen LogP contribution is 1.96. The number of H-pyrrole nitrogens is 2. The first-order chi connectivity index (χ1) is 5.24. The fourth-order valence-electron chi connectivity index (χ4n) is 0.539. The topological polar surface area (TPSA) is 151 Å². The first-order valence-corrected chi connectivity index (χ1v) is 2.67. The second-order valence-electron chi connectivity index (χ2n) is 1.67. The molecule has 0 saturated heterocycles. The Bertz CT molecular complexity index is 376. The summed E-state index contributed by atoms with van der Waals surface area (Å²) in [5.74, 6) is 4.68. The Hall–Kier alpha value is -1.96. The average molecular weight is 172 g/mol. The lowest BCUT2D eigenvalue weighted by molar-refractivity contribution is 0.987. The standard InChI is InChI=1S/C4H5N5O2.H3N/c5-9-8-2-1-6-4(11)7-3(2)10;/h1H,(H2,5,8)(H2,6,7,10,11);1H3. The molecule has 8 nitrogen and oxygen atoms in total. The number of nitrogens with zero attached hydrogens (tertiary/aromatic N) is 2. The molecule has 0 aromatic carbocycles. The van der Waals surface area contributed by atoms with Crippen molar-refractivity contribution in [2.75, 3.05) is 0 Å². The van der Waals surface area contributed by atoms with Crippen LogP contribution >= 0.6 is 0 Å². The summed E-state index contributed by atoms with van der Waals surface area (Å²) in [4.78, 5) is 25.3. The van der Waals surface area contributed by atoms with Crippen LogP contribution in [0.15, 0.2) is 26.1 Å². The first kappa shape index (κ1) is 10.0. The predicted octanol–water partition coefficient (Wildman–Crippen LogP) is -0.817. The molecule has 7 N–H and O–H groups in total. The van der Waals surface area contributed by atoms with Gasteiger partial charge < -0.3 is 17.0 Å². The highest BCUT2D eigenvalue weighted by atomic mass is 16.2. The van der Waals surface area contributed by atoms with Crippen LogP contribution in [0.25, 0.3) is 0 Å². The van der Waals surface area contributed by atoms with E-state index in [2.05, 4.69) is 21.2 Å². The van der Waals surface area contributed by atoms with Gasteiger partial charge in [-0.2, -0.15) is 0 Å². The maximum absolute atomic E-state index is 10.7. The Morgan fingerprint density at radius 1 is 1.42 bits per heavy atom. The van der Waals surface area contributed by atoms with Crippen LogP contribution in [0.3, 0.4) is 0 Å². The molecular weight excluding hydrogens is 164 g/mol. The van der Waals surface area contributed by atoms with Crippen LogP contribution in [-0.4, -0.2) is 9.97 Å². The van der Waals surface area contributed by atoms with E-state index in [1.165, 1.54) is 0 Å². The summed E-state index contributed by atoms with van der Waals surface area (Å²) in [5.41, 5.74) is -1.25. The third kappa shape index (κ3) is 2.02. The molecule has 0 saturated carbocycles. The van der Waals surface area contributed by atoms with Gasteiger partial charge in [0.25, 0.3) is 5.56 Å². The van der Waals surface area contributed by atoms with Gasteiger partial charge >= 0.3 is 5.69 Å². The lowest BCUT2D eigenvalue weighted by Crippen LogP contribution is -2.20. The molecule has 0 unspecified atom stereocenters. The van der Waals surface area contributed by atoms with Crippen molar-refractivity contribution in [3.63, 3.8) is 0 Å². The molecule has 0 amide bonds. The van der Waals surface area contributed by atoms with Gasteiger partial charge in [-0.25, -0.2) is 4.79 Å². The number of aromatic amines is 2. The van der Waals surface area contributed by atoms with Crippen molar-refractivity contribution in [2.24, 2.45) is 16.2 Å². The van der Waals surface area contributed by atoms with E-state index in [4.69, 9.17) is 0 Å². The molecule has 0 aliphatic carbocycles. The zero-order chi connectivity index (χ0) is 8.27. The number of nitrogens with one attached hydrogen (secondary N) is 2. The van der Waals surface area contributed by atoms with E-state index in [0.717, 1.165) is 6.20 Å². The van der Waals surface area contributed by atoms with Gasteiger partial charge in [0.05, 0.1) is 0 Å². The van der Waals surface area contributed by atoms with Crippen molar-refractivity contribution in [3.05, 3.63) is 27.0 Å². The largest absolute Gasteiger partial charge is 0.344 e. The Labute approximate surface area is 66.1 Å². The van der Waals surface area contributed by atoms with E-state index in [-0.39, 0.29) is 11.8 Å². The first-order valence-electron chi connectivity index (χ1n) is 2.67. The quantitative estimate of drug-likeness (QED) is 0.248. The van der Waals surface area contributed by atoms with Gasteiger partial charge in [0, 0.05) is 6.20 Å². The molecule has 8 heteroatoms.